The lowest BCUT2D eigenvalue weighted by Gasteiger charge is -2.16. The summed E-state index contributed by atoms with van der Waals surface area (Å²) in [5.74, 6) is 1.75. The summed E-state index contributed by atoms with van der Waals surface area (Å²) in [5, 5.41) is 9.45. The molecule has 3 nitrogen and oxygen atoms in total. The number of aliphatic hydroxyl groups is 1. The van der Waals surface area contributed by atoms with Gasteiger partial charge < -0.3 is 14.6 Å². The van der Waals surface area contributed by atoms with Gasteiger partial charge in [0, 0.05) is 13.2 Å². The van der Waals surface area contributed by atoms with Gasteiger partial charge >= 0.3 is 0 Å². The molecule has 0 fully saturated rings. The molecule has 0 aliphatic carbocycles. The molecule has 1 N–H and O–H groups in total. The number of aliphatic hydroxyl groups excluding tert-OH is 1. The maximum atomic E-state index is 9.45. The first kappa shape index (κ1) is 31.9. The van der Waals surface area contributed by atoms with Crippen LogP contribution in [0.25, 0.3) is 0 Å². The van der Waals surface area contributed by atoms with Gasteiger partial charge in [0.2, 0.25) is 0 Å². The Hall–Kier alpha value is -0.120. The number of hydrogen-bond acceptors (Lipinski definition) is 3. The summed E-state index contributed by atoms with van der Waals surface area (Å²) in [6.45, 7) is 11.5. The second kappa shape index (κ2) is 25.5. The molecule has 0 saturated heterocycles. The highest BCUT2D eigenvalue weighted by Crippen LogP contribution is 2.18. The Bertz CT molecular complexity index is 345. The fraction of sp³-hybridized carbons (Fsp3) is 1.00. The van der Waals surface area contributed by atoms with Gasteiger partial charge in [-0.3, -0.25) is 0 Å². The molecule has 0 aliphatic heterocycles. The van der Waals surface area contributed by atoms with Gasteiger partial charge in [-0.25, -0.2) is 0 Å². The van der Waals surface area contributed by atoms with Crippen LogP contribution >= 0.6 is 0 Å². The minimum Gasteiger partial charge on any atom is -0.394 e. The van der Waals surface area contributed by atoms with E-state index in [9.17, 15) is 5.11 Å². The van der Waals surface area contributed by atoms with Crippen molar-refractivity contribution in [2.45, 2.75) is 149 Å². The molecule has 3 heteroatoms. The molecule has 0 unspecified atom stereocenters. The molecule has 0 rings (SSSR count). The van der Waals surface area contributed by atoms with Crippen LogP contribution in [0.15, 0.2) is 0 Å². The van der Waals surface area contributed by atoms with Gasteiger partial charge in [0.05, 0.1) is 13.2 Å². The van der Waals surface area contributed by atoms with Crippen molar-refractivity contribution >= 4 is 0 Å². The molecule has 0 spiro atoms. The van der Waals surface area contributed by atoms with Crippen molar-refractivity contribution in [3.8, 4) is 0 Å². The van der Waals surface area contributed by atoms with Gasteiger partial charge in [0.25, 0.3) is 0 Å². The highest BCUT2D eigenvalue weighted by Gasteiger charge is 2.08. The van der Waals surface area contributed by atoms with E-state index in [-0.39, 0.29) is 12.7 Å². The molecule has 0 saturated carbocycles. The van der Waals surface area contributed by atoms with Gasteiger partial charge in [0.15, 0.2) is 0 Å². The Kier molecular flexibility index (Phi) is 25.4. The lowest BCUT2D eigenvalue weighted by Crippen LogP contribution is -2.24. The molecule has 0 bridgehead atoms. The predicted octanol–water partition coefficient (Wildman–Crippen LogP) is 8.71. The zero-order valence-corrected chi connectivity index (χ0v) is 22.6. The predicted molar refractivity (Wildman–Crippen MR) is 140 cm³/mol. The van der Waals surface area contributed by atoms with Gasteiger partial charge in [-0.05, 0) is 24.7 Å². The van der Waals surface area contributed by atoms with Crippen molar-refractivity contribution in [1.82, 2.24) is 0 Å². The molecule has 0 aromatic carbocycles. The minimum absolute atomic E-state index is 0.0612. The van der Waals surface area contributed by atoms with Crippen LogP contribution in [0.5, 0.6) is 0 Å². The van der Waals surface area contributed by atoms with Crippen LogP contribution in [-0.2, 0) is 9.47 Å². The molecule has 0 aromatic heterocycles. The van der Waals surface area contributed by atoms with Crippen molar-refractivity contribution in [3.05, 3.63) is 0 Å². The summed E-state index contributed by atoms with van der Waals surface area (Å²) in [5.41, 5.74) is 0. The first-order valence-electron chi connectivity index (χ1n) is 14.4. The summed E-state index contributed by atoms with van der Waals surface area (Å²) in [7, 11) is 0. The summed E-state index contributed by atoms with van der Waals surface area (Å²) in [4.78, 5) is 0. The Labute approximate surface area is 202 Å². The number of unbranched alkanes of at least 4 members (excludes halogenated alkanes) is 12. The van der Waals surface area contributed by atoms with Crippen LogP contribution in [0, 0.1) is 11.8 Å². The van der Waals surface area contributed by atoms with Gasteiger partial charge in [-0.2, -0.15) is 0 Å². The second-order valence-corrected chi connectivity index (χ2v) is 10.6. The fourth-order valence-corrected chi connectivity index (χ4v) is 4.27. The Morgan fingerprint density at radius 3 is 1.66 bits per heavy atom. The van der Waals surface area contributed by atoms with Gasteiger partial charge in [0.1, 0.15) is 6.10 Å². The summed E-state index contributed by atoms with van der Waals surface area (Å²) in [6.07, 6.45) is 23.8. The summed E-state index contributed by atoms with van der Waals surface area (Å²) < 4.78 is 11.5. The third kappa shape index (κ3) is 24.5. The Balaban J connectivity index is 3.36. The zero-order chi connectivity index (χ0) is 23.7. The molecule has 0 aromatic rings. The first-order valence-corrected chi connectivity index (χ1v) is 14.4. The van der Waals surface area contributed by atoms with Crippen molar-refractivity contribution < 1.29 is 14.6 Å². The van der Waals surface area contributed by atoms with E-state index in [0.29, 0.717) is 6.61 Å². The molecular formula is C29H60O3. The monoisotopic (exact) mass is 456 g/mol. The summed E-state index contributed by atoms with van der Waals surface area (Å²) in [6, 6.07) is 0. The third-order valence-electron chi connectivity index (χ3n) is 6.57. The molecule has 2 atom stereocenters. The van der Waals surface area contributed by atoms with Crippen molar-refractivity contribution in [3.63, 3.8) is 0 Å². The smallest absolute Gasteiger partial charge is 0.104 e. The maximum Gasteiger partial charge on any atom is 0.104 e. The van der Waals surface area contributed by atoms with Crippen molar-refractivity contribution in [1.29, 1.82) is 0 Å². The van der Waals surface area contributed by atoms with Crippen LogP contribution in [0.1, 0.15) is 143 Å². The molecule has 194 valence electrons. The average Bonchev–Trinajstić information content (AvgIpc) is 2.77. The average molecular weight is 457 g/mol. The molecule has 0 radical (unpaired) electrons. The first-order chi connectivity index (χ1) is 15.6. The van der Waals surface area contributed by atoms with E-state index in [4.69, 9.17) is 9.47 Å². The SMILES string of the molecule is CCCCCCCCO[C@@H](CO)COCCCCCC[C@@H](C)CCCCCCCC(C)C. The van der Waals surface area contributed by atoms with E-state index in [1.165, 1.54) is 103 Å². The highest BCUT2D eigenvalue weighted by molar-refractivity contribution is 4.57. The van der Waals surface area contributed by atoms with E-state index < -0.39 is 0 Å². The number of rotatable bonds is 26. The number of hydrogen-bond donors (Lipinski definition) is 1. The molecule has 32 heavy (non-hydrogen) atoms. The maximum absolute atomic E-state index is 9.45. The van der Waals surface area contributed by atoms with Crippen molar-refractivity contribution in [2.24, 2.45) is 11.8 Å². The highest BCUT2D eigenvalue weighted by atomic mass is 16.5. The van der Waals surface area contributed by atoms with Crippen LogP contribution in [0.2, 0.25) is 0 Å². The van der Waals surface area contributed by atoms with Crippen LogP contribution in [0.3, 0.4) is 0 Å². The second-order valence-electron chi connectivity index (χ2n) is 10.6. The van der Waals surface area contributed by atoms with Gasteiger partial charge in [-0.1, -0.05) is 130 Å². The van der Waals surface area contributed by atoms with E-state index >= 15 is 0 Å². The Morgan fingerprint density at radius 2 is 1.09 bits per heavy atom. The lowest BCUT2D eigenvalue weighted by atomic mass is 9.96. The quantitative estimate of drug-likeness (QED) is 0.132. The van der Waals surface area contributed by atoms with Gasteiger partial charge in [-0.15, -0.1) is 0 Å². The minimum atomic E-state index is -0.151. The Morgan fingerprint density at radius 1 is 0.594 bits per heavy atom. The van der Waals surface area contributed by atoms with E-state index in [0.717, 1.165) is 37.9 Å². The normalized spacial score (nSPS) is 13.7. The number of ether oxygens (including phenoxy) is 2. The lowest BCUT2D eigenvalue weighted by molar-refractivity contribution is -0.0437. The van der Waals surface area contributed by atoms with Crippen LogP contribution in [-0.4, -0.2) is 37.6 Å². The molecule has 0 aliphatic rings. The summed E-state index contributed by atoms with van der Waals surface area (Å²) >= 11 is 0. The van der Waals surface area contributed by atoms with E-state index in [2.05, 4.69) is 27.7 Å². The van der Waals surface area contributed by atoms with Crippen LogP contribution < -0.4 is 0 Å². The van der Waals surface area contributed by atoms with E-state index in [1.54, 1.807) is 0 Å². The largest absolute Gasteiger partial charge is 0.394 e. The molecule has 0 heterocycles. The standard InChI is InChI=1S/C29H60O3/c1-5-6-7-8-13-19-24-32-29(25-30)26-31-23-18-14-12-17-22-28(4)21-16-11-9-10-15-20-27(2)3/h27-30H,5-26H2,1-4H3/t28-,29-/m0/s1. The third-order valence-corrected chi connectivity index (χ3v) is 6.57. The van der Waals surface area contributed by atoms with Crippen LogP contribution in [0.4, 0.5) is 0 Å². The van der Waals surface area contributed by atoms with E-state index in [1.807, 2.05) is 0 Å². The topological polar surface area (TPSA) is 38.7 Å². The zero-order valence-electron chi connectivity index (χ0n) is 22.6. The fourth-order valence-electron chi connectivity index (χ4n) is 4.27. The molecule has 0 amide bonds. The molecular weight excluding hydrogens is 396 g/mol. The van der Waals surface area contributed by atoms with Crippen molar-refractivity contribution in [2.75, 3.05) is 26.4 Å².